The highest BCUT2D eigenvalue weighted by Gasteiger charge is 2.32. The SMILES string of the molecule is COC(=O)C1CCN(C(=O)CN(c2cccc(Cl)c2)S(=O)(=O)c2ccc(Cl)cc2)CC1. The Labute approximate surface area is 191 Å². The van der Waals surface area contributed by atoms with E-state index >= 15 is 0 Å². The fourth-order valence-corrected chi connectivity index (χ4v) is 5.15. The van der Waals surface area contributed by atoms with Crippen LogP contribution in [0, 0.1) is 5.92 Å². The molecule has 0 N–H and O–H groups in total. The van der Waals surface area contributed by atoms with Crippen LogP contribution in [0.25, 0.3) is 0 Å². The van der Waals surface area contributed by atoms with Gasteiger partial charge in [0, 0.05) is 23.1 Å². The highest BCUT2D eigenvalue weighted by Crippen LogP contribution is 2.27. The van der Waals surface area contributed by atoms with Gasteiger partial charge in [-0.1, -0.05) is 29.3 Å². The lowest BCUT2D eigenvalue weighted by Crippen LogP contribution is -2.46. The standard InChI is InChI=1S/C21H22Cl2N2O5S/c1-30-21(27)15-9-11-24(12-10-15)20(26)14-25(18-4-2-3-17(23)13-18)31(28,29)19-7-5-16(22)6-8-19/h2-8,13,15H,9-12,14H2,1H3. The van der Waals surface area contributed by atoms with Crippen LogP contribution in [0.15, 0.2) is 53.4 Å². The number of methoxy groups -OCH3 is 1. The van der Waals surface area contributed by atoms with E-state index in [1.165, 1.54) is 37.4 Å². The number of carbonyl (C=O) groups excluding carboxylic acids is 2. The lowest BCUT2D eigenvalue weighted by molar-refractivity contribution is -0.148. The van der Waals surface area contributed by atoms with Crippen LogP contribution in [0.5, 0.6) is 0 Å². The molecule has 0 spiro atoms. The highest BCUT2D eigenvalue weighted by molar-refractivity contribution is 7.92. The van der Waals surface area contributed by atoms with E-state index in [0.29, 0.717) is 36.0 Å². The van der Waals surface area contributed by atoms with Crippen molar-refractivity contribution in [2.24, 2.45) is 5.92 Å². The Morgan fingerprint density at radius 1 is 1.06 bits per heavy atom. The largest absolute Gasteiger partial charge is 0.469 e. The number of ether oxygens (including phenoxy) is 1. The van der Waals surface area contributed by atoms with Gasteiger partial charge >= 0.3 is 5.97 Å². The van der Waals surface area contributed by atoms with Crippen LogP contribution >= 0.6 is 23.2 Å². The number of benzene rings is 2. The Hall–Kier alpha value is -2.29. The van der Waals surface area contributed by atoms with Crippen molar-refractivity contribution in [1.82, 2.24) is 4.90 Å². The molecule has 10 heteroatoms. The summed E-state index contributed by atoms with van der Waals surface area (Å²) < 4.78 is 32.5. The molecule has 0 aromatic heterocycles. The van der Waals surface area contributed by atoms with Gasteiger partial charge in [0.2, 0.25) is 5.91 Å². The number of likely N-dealkylation sites (tertiary alicyclic amines) is 1. The molecule has 1 aliphatic heterocycles. The van der Waals surface area contributed by atoms with Gasteiger partial charge < -0.3 is 9.64 Å². The molecule has 0 atom stereocenters. The summed E-state index contributed by atoms with van der Waals surface area (Å²) in [5.41, 5.74) is 0.278. The van der Waals surface area contributed by atoms with Crippen LogP contribution in [-0.4, -0.2) is 51.9 Å². The van der Waals surface area contributed by atoms with Gasteiger partial charge in [0.1, 0.15) is 6.54 Å². The van der Waals surface area contributed by atoms with Crippen molar-refractivity contribution in [2.45, 2.75) is 17.7 Å². The minimum absolute atomic E-state index is 0.00840. The van der Waals surface area contributed by atoms with Gasteiger partial charge in [-0.2, -0.15) is 0 Å². The van der Waals surface area contributed by atoms with Crippen LogP contribution < -0.4 is 4.31 Å². The van der Waals surface area contributed by atoms with E-state index in [0.717, 1.165) is 4.31 Å². The molecule has 2 aromatic rings. The summed E-state index contributed by atoms with van der Waals surface area (Å²) in [4.78, 5) is 26.3. The van der Waals surface area contributed by atoms with Gasteiger partial charge in [0.15, 0.2) is 0 Å². The fraction of sp³-hybridized carbons (Fsp3) is 0.333. The normalized spacial score (nSPS) is 14.9. The number of sulfonamides is 1. The quantitative estimate of drug-likeness (QED) is 0.584. The molecule has 31 heavy (non-hydrogen) atoms. The van der Waals surface area contributed by atoms with Gasteiger partial charge in [-0.05, 0) is 55.3 Å². The topological polar surface area (TPSA) is 84.0 Å². The number of rotatable bonds is 6. The second kappa shape index (κ2) is 9.89. The van der Waals surface area contributed by atoms with Crippen molar-refractivity contribution in [3.63, 3.8) is 0 Å². The number of hydrogen-bond acceptors (Lipinski definition) is 5. The molecule has 1 heterocycles. The van der Waals surface area contributed by atoms with Crippen molar-refractivity contribution in [3.05, 3.63) is 58.6 Å². The number of carbonyl (C=O) groups is 2. The van der Waals surface area contributed by atoms with Crippen molar-refractivity contribution >= 4 is 50.8 Å². The van der Waals surface area contributed by atoms with Gasteiger partial charge in [-0.3, -0.25) is 13.9 Å². The van der Waals surface area contributed by atoms with Crippen molar-refractivity contribution < 1.29 is 22.7 Å². The summed E-state index contributed by atoms with van der Waals surface area (Å²) in [6.45, 7) is 0.306. The summed E-state index contributed by atoms with van der Waals surface area (Å²) in [5.74, 6) is -0.908. The molecule has 1 saturated heterocycles. The van der Waals surface area contributed by atoms with Crippen molar-refractivity contribution in [2.75, 3.05) is 31.0 Å². The molecule has 0 unspecified atom stereocenters. The molecule has 1 aliphatic rings. The van der Waals surface area contributed by atoms with Crippen LogP contribution in [0.1, 0.15) is 12.8 Å². The van der Waals surface area contributed by atoms with Gasteiger partial charge in [-0.15, -0.1) is 0 Å². The molecule has 0 aliphatic carbocycles. The summed E-state index contributed by atoms with van der Waals surface area (Å²) >= 11 is 12.0. The number of anilines is 1. The second-order valence-corrected chi connectivity index (χ2v) is 9.86. The molecule has 0 radical (unpaired) electrons. The third-order valence-corrected chi connectivity index (χ3v) is 7.43. The Balaban J connectivity index is 1.85. The van der Waals surface area contributed by atoms with E-state index in [1.807, 2.05) is 0 Å². The van der Waals surface area contributed by atoms with Crippen LogP contribution in [0.2, 0.25) is 10.0 Å². The molecule has 1 amide bonds. The first-order chi connectivity index (χ1) is 14.7. The number of amides is 1. The second-order valence-electron chi connectivity index (χ2n) is 7.12. The average molecular weight is 485 g/mol. The maximum Gasteiger partial charge on any atom is 0.308 e. The van der Waals surface area contributed by atoms with Gasteiger partial charge in [0.25, 0.3) is 10.0 Å². The van der Waals surface area contributed by atoms with E-state index in [-0.39, 0.29) is 28.4 Å². The van der Waals surface area contributed by atoms with Gasteiger partial charge in [0.05, 0.1) is 23.6 Å². The summed E-state index contributed by atoms with van der Waals surface area (Å²) in [6.07, 6.45) is 0.943. The molecule has 3 rings (SSSR count). The zero-order valence-corrected chi connectivity index (χ0v) is 19.2. The smallest absolute Gasteiger partial charge is 0.308 e. The minimum atomic E-state index is -4.06. The molecule has 166 valence electrons. The number of piperidine rings is 1. The number of hydrogen-bond donors (Lipinski definition) is 0. The van der Waals surface area contributed by atoms with Gasteiger partial charge in [-0.25, -0.2) is 8.42 Å². The molecule has 0 bridgehead atoms. The van der Waals surface area contributed by atoms with E-state index < -0.39 is 16.6 Å². The van der Waals surface area contributed by atoms with Crippen LogP contribution in [0.4, 0.5) is 5.69 Å². The molecule has 0 saturated carbocycles. The predicted octanol–water partition coefficient (Wildman–Crippen LogP) is 3.60. The summed E-state index contributed by atoms with van der Waals surface area (Å²) in [5, 5.41) is 0.748. The first-order valence-electron chi connectivity index (χ1n) is 9.62. The Morgan fingerprint density at radius 3 is 2.29 bits per heavy atom. The first-order valence-corrected chi connectivity index (χ1v) is 11.8. The fourth-order valence-electron chi connectivity index (χ4n) is 3.43. The average Bonchev–Trinajstić information content (AvgIpc) is 2.77. The molecule has 1 fully saturated rings. The van der Waals surface area contributed by atoms with E-state index in [4.69, 9.17) is 27.9 Å². The summed E-state index contributed by atoms with van der Waals surface area (Å²) in [7, 11) is -2.72. The Kier molecular flexibility index (Phi) is 7.46. The Bertz CT molecular complexity index is 1050. The maximum atomic E-state index is 13.4. The maximum absolute atomic E-state index is 13.4. The highest BCUT2D eigenvalue weighted by atomic mass is 35.5. The monoisotopic (exact) mass is 484 g/mol. The third kappa shape index (κ3) is 5.50. The number of halogens is 2. The lowest BCUT2D eigenvalue weighted by Gasteiger charge is -2.33. The molecule has 2 aromatic carbocycles. The predicted molar refractivity (Wildman–Crippen MR) is 119 cm³/mol. The van der Waals surface area contributed by atoms with E-state index in [2.05, 4.69) is 0 Å². The minimum Gasteiger partial charge on any atom is -0.469 e. The van der Waals surface area contributed by atoms with Crippen molar-refractivity contribution in [3.8, 4) is 0 Å². The third-order valence-electron chi connectivity index (χ3n) is 5.16. The van der Waals surface area contributed by atoms with Crippen LogP contribution in [0.3, 0.4) is 0 Å². The zero-order chi connectivity index (χ0) is 22.6. The zero-order valence-electron chi connectivity index (χ0n) is 16.8. The number of nitrogens with zero attached hydrogens (tertiary/aromatic N) is 2. The first kappa shape index (κ1) is 23.4. The molecule has 7 nitrogen and oxygen atoms in total. The summed E-state index contributed by atoms with van der Waals surface area (Å²) in [6, 6.07) is 12.0. The molecular weight excluding hydrogens is 463 g/mol. The Morgan fingerprint density at radius 2 is 1.71 bits per heavy atom. The molecular formula is C21H22Cl2N2O5S. The van der Waals surface area contributed by atoms with E-state index in [1.54, 1.807) is 23.1 Å². The van der Waals surface area contributed by atoms with Crippen molar-refractivity contribution in [1.29, 1.82) is 0 Å². The lowest BCUT2D eigenvalue weighted by atomic mass is 9.97. The number of esters is 1. The van der Waals surface area contributed by atoms with Crippen LogP contribution in [-0.2, 0) is 24.3 Å². The van der Waals surface area contributed by atoms with E-state index in [9.17, 15) is 18.0 Å².